The van der Waals surface area contributed by atoms with Crippen molar-refractivity contribution in [1.29, 1.82) is 0 Å². The highest BCUT2D eigenvalue weighted by Gasteiger charge is 2.00. The summed E-state index contributed by atoms with van der Waals surface area (Å²) in [6.45, 7) is 3.29. The van der Waals surface area contributed by atoms with Gasteiger partial charge in [-0.3, -0.25) is 0 Å². The topological polar surface area (TPSA) is 41.1 Å². The number of urea groups is 1. The number of hydrogen-bond acceptors (Lipinski definition) is 1. The van der Waals surface area contributed by atoms with Gasteiger partial charge >= 0.3 is 6.03 Å². The first kappa shape index (κ1) is 16.4. The standard InChI is InChI=1S/C18H21ClN2O/c1-14-4-2-5-15(12-14)8-10-20-18(22)21-11-9-16-6-3-7-17(19)13-16/h2-7,12-13H,8-11H2,1H3,(H2,20,21,22). The van der Waals surface area contributed by atoms with Crippen molar-refractivity contribution in [1.82, 2.24) is 10.6 Å². The minimum Gasteiger partial charge on any atom is -0.338 e. The predicted molar refractivity (Wildman–Crippen MR) is 91.4 cm³/mol. The Balaban J connectivity index is 1.64. The van der Waals surface area contributed by atoms with E-state index in [9.17, 15) is 4.79 Å². The van der Waals surface area contributed by atoms with Gasteiger partial charge in [-0.05, 0) is 43.0 Å². The molecule has 0 aliphatic heterocycles. The smallest absolute Gasteiger partial charge is 0.314 e. The van der Waals surface area contributed by atoms with Gasteiger partial charge in [0.05, 0.1) is 0 Å². The van der Waals surface area contributed by atoms with Gasteiger partial charge in [-0.25, -0.2) is 4.79 Å². The first-order valence-corrected chi connectivity index (χ1v) is 7.83. The van der Waals surface area contributed by atoms with E-state index in [2.05, 4.69) is 35.8 Å². The predicted octanol–water partition coefficient (Wildman–Crippen LogP) is 3.73. The number of hydrogen-bond donors (Lipinski definition) is 2. The molecule has 2 aromatic carbocycles. The van der Waals surface area contributed by atoms with Crippen molar-refractivity contribution < 1.29 is 4.79 Å². The Hall–Kier alpha value is -2.00. The number of benzene rings is 2. The van der Waals surface area contributed by atoms with E-state index >= 15 is 0 Å². The molecule has 2 N–H and O–H groups in total. The van der Waals surface area contributed by atoms with Crippen LogP contribution in [0.4, 0.5) is 4.79 Å². The van der Waals surface area contributed by atoms with E-state index in [0.717, 1.165) is 23.4 Å². The molecule has 0 bridgehead atoms. The number of rotatable bonds is 6. The number of carbonyl (C=O) groups excluding carboxylic acids is 1. The molecule has 22 heavy (non-hydrogen) atoms. The molecular formula is C18H21ClN2O. The van der Waals surface area contributed by atoms with Gasteiger partial charge in [0.15, 0.2) is 0 Å². The van der Waals surface area contributed by atoms with Crippen molar-refractivity contribution in [2.45, 2.75) is 19.8 Å². The zero-order chi connectivity index (χ0) is 15.8. The van der Waals surface area contributed by atoms with Crippen molar-refractivity contribution in [3.63, 3.8) is 0 Å². The molecule has 2 aromatic rings. The van der Waals surface area contributed by atoms with Crippen LogP contribution in [0.3, 0.4) is 0 Å². The summed E-state index contributed by atoms with van der Waals surface area (Å²) < 4.78 is 0. The highest BCUT2D eigenvalue weighted by Crippen LogP contribution is 2.10. The monoisotopic (exact) mass is 316 g/mol. The fourth-order valence-electron chi connectivity index (χ4n) is 2.26. The minimum atomic E-state index is -0.130. The molecule has 0 fully saturated rings. The maximum Gasteiger partial charge on any atom is 0.314 e. The average molecular weight is 317 g/mol. The lowest BCUT2D eigenvalue weighted by atomic mass is 10.1. The third-order valence-corrected chi connectivity index (χ3v) is 3.61. The van der Waals surface area contributed by atoms with Crippen molar-refractivity contribution in [3.05, 3.63) is 70.2 Å². The molecule has 4 heteroatoms. The van der Waals surface area contributed by atoms with Crippen LogP contribution in [0, 0.1) is 6.92 Å². The maximum atomic E-state index is 11.7. The molecule has 2 amide bonds. The summed E-state index contributed by atoms with van der Waals surface area (Å²) in [5.41, 5.74) is 3.59. The van der Waals surface area contributed by atoms with Gasteiger partial charge < -0.3 is 10.6 Å². The molecule has 0 radical (unpaired) electrons. The normalized spacial score (nSPS) is 10.3. The van der Waals surface area contributed by atoms with Crippen LogP contribution in [0.15, 0.2) is 48.5 Å². The summed E-state index contributed by atoms with van der Waals surface area (Å²) in [6.07, 6.45) is 1.61. The van der Waals surface area contributed by atoms with E-state index in [4.69, 9.17) is 11.6 Å². The minimum absolute atomic E-state index is 0.130. The first-order valence-electron chi connectivity index (χ1n) is 7.45. The third kappa shape index (κ3) is 5.78. The van der Waals surface area contributed by atoms with Crippen LogP contribution in [-0.2, 0) is 12.8 Å². The Labute approximate surface area is 136 Å². The van der Waals surface area contributed by atoms with Crippen LogP contribution >= 0.6 is 11.6 Å². The quantitative estimate of drug-likeness (QED) is 0.837. The van der Waals surface area contributed by atoms with Gasteiger partial charge in [0, 0.05) is 18.1 Å². The summed E-state index contributed by atoms with van der Waals surface area (Å²) in [6, 6.07) is 15.9. The highest BCUT2D eigenvalue weighted by atomic mass is 35.5. The summed E-state index contributed by atoms with van der Waals surface area (Å²) in [4.78, 5) is 11.7. The number of aryl methyl sites for hydroxylation is 1. The summed E-state index contributed by atoms with van der Waals surface area (Å²) in [7, 11) is 0. The van der Waals surface area contributed by atoms with Crippen LogP contribution in [-0.4, -0.2) is 19.1 Å². The Kier molecular flexibility index (Phi) is 6.28. The zero-order valence-electron chi connectivity index (χ0n) is 12.7. The van der Waals surface area contributed by atoms with Crippen LogP contribution in [0.25, 0.3) is 0 Å². The lowest BCUT2D eigenvalue weighted by Gasteiger charge is -2.08. The first-order chi connectivity index (χ1) is 10.6. The number of nitrogens with one attached hydrogen (secondary N) is 2. The van der Waals surface area contributed by atoms with Gasteiger partial charge in [-0.15, -0.1) is 0 Å². The van der Waals surface area contributed by atoms with E-state index in [1.165, 1.54) is 11.1 Å². The fraction of sp³-hybridized carbons (Fsp3) is 0.278. The molecular weight excluding hydrogens is 296 g/mol. The van der Waals surface area contributed by atoms with Crippen molar-refractivity contribution in [2.75, 3.05) is 13.1 Å². The Morgan fingerprint density at radius 1 is 0.955 bits per heavy atom. The number of halogens is 1. The molecule has 0 heterocycles. The van der Waals surface area contributed by atoms with Gasteiger partial charge in [0.25, 0.3) is 0 Å². The largest absolute Gasteiger partial charge is 0.338 e. The second-order valence-electron chi connectivity index (χ2n) is 5.30. The van der Waals surface area contributed by atoms with E-state index < -0.39 is 0 Å². The van der Waals surface area contributed by atoms with Crippen LogP contribution in [0.2, 0.25) is 5.02 Å². The van der Waals surface area contributed by atoms with E-state index in [-0.39, 0.29) is 6.03 Å². The molecule has 2 rings (SSSR count). The lowest BCUT2D eigenvalue weighted by Crippen LogP contribution is -2.37. The van der Waals surface area contributed by atoms with E-state index in [1.807, 2.05) is 30.3 Å². The molecule has 0 unspecified atom stereocenters. The lowest BCUT2D eigenvalue weighted by molar-refractivity contribution is 0.241. The molecule has 0 aliphatic carbocycles. The second-order valence-corrected chi connectivity index (χ2v) is 5.74. The molecule has 0 aromatic heterocycles. The van der Waals surface area contributed by atoms with Crippen molar-refractivity contribution >= 4 is 17.6 Å². The molecule has 0 saturated heterocycles. The van der Waals surface area contributed by atoms with E-state index in [1.54, 1.807) is 0 Å². The van der Waals surface area contributed by atoms with Crippen LogP contribution in [0.1, 0.15) is 16.7 Å². The maximum absolute atomic E-state index is 11.7. The SMILES string of the molecule is Cc1cccc(CCNC(=O)NCCc2cccc(Cl)c2)c1. The molecule has 116 valence electrons. The van der Waals surface area contributed by atoms with Crippen LogP contribution in [0.5, 0.6) is 0 Å². The van der Waals surface area contributed by atoms with Gasteiger partial charge in [-0.1, -0.05) is 53.6 Å². The molecule has 0 saturated carbocycles. The summed E-state index contributed by atoms with van der Waals surface area (Å²) >= 11 is 5.92. The second kappa shape index (κ2) is 8.44. The number of carbonyl (C=O) groups is 1. The van der Waals surface area contributed by atoms with Gasteiger partial charge in [0.2, 0.25) is 0 Å². The molecule has 3 nitrogen and oxygen atoms in total. The Morgan fingerprint density at radius 3 is 2.14 bits per heavy atom. The van der Waals surface area contributed by atoms with Gasteiger partial charge in [0.1, 0.15) is 0 Å². The Bertz CT molecular complexity index is 574. The van der Waals surface area contributed by atoms with Crippen LogP contribution < -0.4 is 10.6 Å². The fourth-order valence-corrected chi connectivity index (χ4v) is 2.48. The average Bonchev–Trinajstić information content (AvgIpc) is 2.47. The van der Waals surface area contributed by atoms with E-state index in [0.29, 0.717) is 13.1 Å². The van der Waals surface area contributed by atoms with Gasteiger partial charge in [-0.2, -0.15) is 0 Å². The number of amides is 2. The molecule has 0 atom stereocenters. The van der Waals surface area contributed by atoms with Crippen molar-refractivity contribution in [2.24, 2.45) is 0 Å². The summed E-state index contributed by atoms with van der Waals surface area (Å²) in [5.74, 6) is 0. The summed E-state index contributed by atoms with van der Waals surface area (Å²) in [5, 5.41) is 6.45. The molecule has 0 aliphatic rings. The highest BCUT2D eigenvalue weighted by molar-refractivity contribution is 6.30. The third-order valence-electron chi connectivity index (χ3n) is 3.37. The molecule has 0 spiro atoms. The zero-order valence-corrected chi connectivity index (χ0v) is 13.5. The Morgan fingerprint density at radius 2 is 1.55 bits per heavy atom. The van der Waals surface area contributed by atoms with Crippen molar-refractivity contribution in [3.8, 4) is 0 Å².